The van der Waals surface area contributed by atoms with E-state index in [2.05, 4.69) is 11.4 Å². The topological polar surface area (TPSA) is 61.7 Å². The van der Waals surface area contributed by atoms with Crippen molar-refractivity contribution in [2.75, 3.05) is 20.3 Å². The molecule has 0 fully saturated rings. The molecule has 0 bridgehead atoms. The number of hydrogen-bond acceptors (Lipinski definition) is 4. The number of benzene rings is 1. The zero-order chi connectivity index (χ0) is 12.7. The summed E-state index contributed by atoms with van der Waals surface area (Å²) in [5, 5.41) is 21.6. The number of ether oxygens (including phenoxy) is 1. The zero-order valence-corrected chi connectivity index (χ0v) is 10.4. The molecule has 17 heavy (non-hydrogen) atoms. The van der Waals surface area contributed by atoms with Gasteiger partial charge in [0.15, 0.2) is 0 Å². The van der Waals surface area contributed by atoms with Crippen molar-refractivity contribution in [2.24, 2.45) is 0 Å². The highest BCUT2D eigenvalue weighted by molar-refractivity contribution is 5.22. The van der Waals surface area contributed by atoms with E-state index >= 15 is 0 Å². The van der Waals surface area contributed by atoms with Crippen LogP contribution >= 0.6 is 0 Å². The van der Waals surface area contributed by atoms with Gasteiger partial charge in [-0.15, -0.1) is 0 Å². The first-order chi connectivity index (χ1) is 8.07. The average Bonchev–Trinajstić information content (AvgIpc) is 2.30. The van der Waals surface area contributed by atoms with Gasteiger partial charge in [-0.25, -0.2) is 0 Å². The summed E-state index contributed by atoms with van der Waals surface area (Å²) in [5.41, 5.74) is 1.19. The van der Waals surface area contributed by atoms with Crippen LogP contribution in [0, 0.1) is 0 Å². The van der Waals surface area contributed by atoms with E-state index in [1.165, 1.54) is 0 Å². The molecule has 1 aromatic rings. The number of aliphatic hydroxyl groups excluding tert-OH is 1. The molecule has 0 spiro atoms. The smallest absolute Gasteiger partial charge is 0.0972 e. The lowest BCUT2D eigenvalue weighted by molar-refractivity contribution is 0.00253. The minimum atomic E-state index is -1.07. The van der Waals surface area contributed by atoms with Gasteiger partial charge in [-0.3, -0.25) is 0 Å². The molecule has 0 radical (unpaired) electrons. The summed E-state index contributed by atoms with van der Waals surface area (Å²) in [6.07, 6.45) is 0. The maximum absolute atomic E-state index is 9.61. The minimum Gasteiger partial charge on any atom is -0.393 e. The molecule has 0 aromatic heterocycles. The molecule has 0 saturated carbocycles. The molecule has 0 aliphatic heterocycles. The molecule has 0 heterocycles. The molecule has 1 aromatic carbocycles. The average molecular weight is 239 g/mol. The molecule has 4 nitrogen and oxygen atoms in total. The first-order valence-corrected chi connectivity index (χ1v) is 5.68. The van der Waals surface area contributed by atoms with Gasteiger partial charge in [0.2, 0.25) is 0 Å². The normalized spacial score (nSPS) is 14.6. The first kappa shape index (κ1) is 14.1. The Labute approximate surface area is 102 Å². The molecular weight excluding hydrogens is 218 g/mol. The predicted molar refractivity (Wildman–Crippen MR) is 66.6 cm³/mol. The van der Waals surface area contributed by atoms with Crippen LogP contribution in [0.25, 0.3) is 0 Å². The van der Waals surface area contributed by atoms with Crippen molar-refractivity contribution in [3.63, 3.8) is 0 Å². The number of nitrogens with one attached hydrogen (secondary N) is 1. The Hall–Kier alpha value is -0.940. The van der Waals surface area contributed by atoms with Gasteiger partial charge >= 0.3 is 0 Å². The summed E-state index contributed by atoms with van der Waals surface area (Å²) in [6, 6.07) is 8.07. The fourth-order valence-electron chi connectivity index (χ4n) is 1.53. The molecular formula is C13H21NO3. The van der Waals surface area contributed by atoms with Crippen LogP contribution in [-0.2, 0) is 17.9 Å². The molecule has 0 amide bonds. The van der Waals surface area contributed by atoms with Gasteiger partial charge in [0, 0.05) is 20.2 Å². The number of rotatable bonds is 7. The third kappa shape index (κ3) is 5.28. The Bertz CT molecular complexity index is 339. The Morgan fingerprint density at radius 1 is 1.35 bits per heavy atom. The molecule has 1 atom stereocenters. The second-order valence-corrected chi connectivity index (χ2v) is 4.51. The van der Waals surface area contributed by atoms with Crippen LogP contribution < -0.4 is 5.32 Å². The monoisotopic (exact) mass is 239 g/mol. The van der Waals surface area contributed by atoms with Crippen molar-refractivity contribution < 1.29 is 14.9 Å². The standard InChI is InChI=1S/C13H21NO3/c1-13(16,10-15)9-14-7-11-4-3-5-12(6-11)8-17-2/h3-6,14-16H,7-10H2,1-2H3. The largest absolute Gasteiger partial charge is 0.393 e. The second kappa shape index (κ2) is 6.71. The van der Waals surface area contributed by atoms with Gasteiger partial charge in [0.05, 0.1) is 18.8 Å². The molecule has 3 N–H and O–H groups in total. The van der Waals surface area contributed by atoms with Crippen molar-refractivity contribution in [1.82, 2.24) is 5.32 Å². The van der Waals surface area contributed by atoms with Gasteiger partial charge in [-0.2, -0.15) is 0 Å². The van der Waals surface area contributed by atoms with E-state index in [1.54, 1.807) is 14.0 Å². The quantitative estimate of drug-likeness (QED) is 0.654. The van der Waals surface area contributed by atoms with Crippen LogP contribution in [0.2, 0.25) is 0 Å². The van der Waals surface area contributed by atoms with E-state index in [4.69, 9.17) is 9.84 Å². The number of methoxy groups -OCH3 is 1. The second-order valence-electron chi connectivity index (χ2n) is 4.51. The molecule has 0 aliphatic carbocycles. The Morgan fingerprint density at radius 3 is 2.71 bits per heavy atom. The molecule has 0 aliphatic rings. The molecule has 1 unspecified atom stereocenters. The van der Waals surface area contributed by atoms with E-state index in [0.717, 1.165) is 11.1 Å². The maximum atomic E-state index is 9.61. The van der Waals surface area contributed by atoms with E-state index in [9.17, 15) is 5.11 Å². The summed E-state index contributed by atoms with van der Waals surface area (Å²) in [5.74, 6) is 0. The van der Waals surface area contributed by atoms with Gasteiger partial charge < -0.3 is 20.3 Å². The fourth-order valence-corrected chi connectivity index (χ4v) is 1.53. The highest BCUT2D eigenvalue weighted by Crippen LogP contribution is 2.07. The lowest BCUT2D eigenvalue weighted by atomic mass is 10.1. The summed E-state index contributed by atoms with van der Waals surface area (Å²) in [4.78, 5) is 0. The minimum absolute atomic E-state index is 0.246. The van der Waals surface area contributed by atoms with Crippen molar-refractivity contribution in [3.05, 3.63) is 35.4 Å². The van der Waals surface area contributed by atoms with Gasteiger partial charge in [0.25, 0.3) is 0 Å². The van der Waals surface area contributed by atoms with Gasteiger partial charge in [0.1, 0.15) is 0 Å². The Balaban J connectivity index is 2.44. The predicted octanol–water partition coefficient (Wildman–Crippen LogP) is 0.666. The van der Waals surface area contributed by atoms with Crippen molar-refractivity contribution in [1.29, 1.82) is 0 Å². The van der Waals surface area contributed by atoms with Crippen LogP contribution in [0.1, 0.15) is 18.1 Å². The van der Waals surface area contributed by atoms with E-state index in [-0.39, 0.29) is 6.61 Å². The highest BCUT2D eigenvalue weighted by atomic mass is 16.5. The van der Waals surface area contributed by atoms with Crippen molar-refractivity contribution >= 4 is 0 Å². The van der Waals surface area contributed by atoms with Crippen LogP contribution in [0.4, 0.5) is 0 Å². The van der Waals surface area contributed by atoms with E-state index < -0.39 is 5.60 Å². The Kier molecular flexibility index (Phi) is 5.58. The fraction of sp³-hybridized carbons (Fsp3) is 0.538. The molecule has 96 valence electrons. The lowest BCUT2D eigenvalue weighted by Crippen LogP contribution is -2.40. The third-order valence-electron chi connectivity index (χ3n) is 2.48. The van der Waals surface area contributed by atoms with E-state index in [0.29, 0.717) is 19.7 Å². The maximum Gasteiger partial charge on any atom is 0.0972 e. The first-order valence-electron chi connectivity index (χ1n) is 5.68. The molecule has 4 heteroatoms. The summed E-state index contributed by atoms with van der Waals surface area (Å²) < 4.78 is 5.07. The number of aliphatic hydroxyl groups is 2. The third-order valence-corrected chi connectivity index (χ3v) is 2.48. The molecule has 1 rings (SSSR count). The lowest BCUT2D eigenvalue weighted by Gasteiger charge is -2.20. The summed E-state index contributed by atoms with van der Waals surface area (Å²) in [7, 11) is 1.67. The van der Waals surface area contributed by atoms with Crippen LogP contribution in [0.5, 0.6) is 0 Å². The summed E-state index contributed by atoms with van der Waals surface area (Å²) in [6.45, 7) is 2.97. The van der Waals surface area contributed by atoms with Crippen molar-refractivity contribution in [2.45, 2.75) is 25.7 Å². The van der Waals surface area contributed by atoms with Crippen LogP contribution in [-0.4, -0.2) is 36.1 Å². The SMILES string of the molecule is COCc1cccc(CNCC(C)(O)CO)c1. The highest BCUT2D eigenvalue weighted by Gasteiger charge is 2.17. The number of hydrogen-bond donors (Lipinski definition) is 3. The van der Waals surface area contributed by atoms with Crippen LogP contribution in [0.3, 0.4) is 0 Å². The van der Waals surface area contributed by atoms with Gasteiger partial charge in [-0.05, 0) is 18.1 Å². The Morgan fingerprint density at radius 2 is 2.06 bits per heavy atom. The zero-order valence-electron chi connectivity index (χ0n) is 10.4. The van der Waals surface area contributed by atoms with Crippen LogP contribution in [0.15, 0.2) is 24.3 Å². The van der Waals surface area contributed by atoms with Crippen molar-refractivity contribution in [3.8, 4) is 0 Å². The van der Waals surface area contributed by atoms with E-state index in [1.807, 2.05) is 18.2 Å². The molecule has 0 saturated heterocycles. The summed E-state index contributed by atoms with van der Waals surface area (Å²) >= 11 is 0. The van der Waals surface area contributed by atoms with Gasteiger partial charge in [-0.1, -0.05) is 24.3 Å².